The van der Waals surface area contributed by atoms with Gasteiger partial charge >= 0.3 is 0 Å². The average Bonchev–Trinajstić information content (AvgIpc) is 3.04. The van der Waals surface area contributed by atoms with Crippen LogP contribution >= 0.6 is 11.6 Å². The van der Waals surface area contributed by atoms with E-state index in [1.165, 1.54) is 0 Å². The molecule has 0 saturated heterocycles. The number of nitrogens with one attached hydrogen (secondary N) is 2. The quantitative estimate of drug-likeness (QED) is 0.575. The van der Waals surface area contributed by atoms with Crippen molar-refractivity contribution in [1.82, 2.24) is 20.2 Å². The van der Waals surface area contributed by atoms with E-state index in [-0.39, 0.29) is 18.4 Å². The van der Waals surface area contributed by atoms with Crippen LogP contribution in [0, 0.1) is 0 Å². The van der Waals surface area contributed by atoms with Crippen LogP contribution in [0.5, 0.6) is 0 Å². The van der Waals surface area contributed by atoms with Crippen molar-refractivity contribution in [3.05, 3.63) is 77.6 Å². The zero-order valence-electron chi connectivity index (χ0n) is 15.3. The summed E-state index contributed by atoms with van der Waals surface area (Å²) in [7, 11) is 0. The number of halogens is 1. The smallest absolute Gasteiger partial charge is 0.252 e. The molecule has 0 fully saturated rings. The van der Waals surface area contributed by atoms with E-state index < -0.39 is 0 Å². The molecule has 0 aliphatic rings. The third-order valence-electron chi connectivity index (χ3n) is 4.23. The highest BCUT2D eigenvalue weighted by atomic mass is 35.5. The molecule has 2 amide bonds. The fraction of sp³-hybridized carbons (Fsp3) is 0.190. The monoisotopic (exact) mass is 396 g/mol. The van der Waals surface area contributed by atoms with Crippen molar-refractivity contribution in [2.45, 2.75) is 13.0 Å². The number of benzene rings is 2. The minimum atomic E-state index is -0.239. The Balaban J connectivity index is 1.72. The molecular formula is C21H21ClN4O2. The van der Waals surface area contributed by atoms with E-state index in [1.807, 2.05) is 28.8 Å². The summed E-state index contributed by atoms with van der Waals surface area (Å²) in [5, 5.41) is 6.04. The Labute approximate surface area is 168 Å². The topological polar surface area (TPSA) is 76.0 Å². The van der Waals surface area contributed by atoms with Crippen molar-refractivity contribution in [3.8, 4) is 0 Å². The molecule has 0 spiro atoms. The fourth-order valence-electron chi connectivity index (χ4n) is 2.91. The Morgan fingerprint density at radius 3 is 2.64 bits per heavy atom. The lowest BCUT2D eigenvalue weighted by Gasteiger charge is -2.10. The van der Waals surface area contributed by atoms with Gasteiger partial charge in [-0.1, -0.05) is 41.9 Å². The lowest BCUT2D eigenvalue weighted by Crippen LogP contribution is -2.29. The summed E-state index contributed by atoms with van der Waals surface area (Å²) < 4.78 is 1.87. The summed E-state index contributed by atoms with van der Waals surface area (Å²) in [5.74, 6) is 0.371. The van der Waals surface area contributed by atoms with Gasteiger partial charge in [-0.05, 0) is 24.3 Å². The molecule has 0 radical (unpaired) electrons. The van der Waals surface area contributed by atoms with Crippen LogP contribution in [0.1, 0.15) is 16.2 Å². The number of rotatable bonds is 8. The van der Waals surface area contributed by atoms with Crippen molar-refractivity contribution >= 4 is 34.4 Å². The molecule has 7 heteroatoms. The van der Waals surface area contributed by atoms with Crippen LogP contribution < -0.4 is 10.6 Å². The SMILES string of the molecule is C=CCNC(=O)Cn1c(CCNC(=O)c2ccccc2Cl)nc2ccccc21. The first kappa shape index (κ1) is 19.6. The van der Waals surface area contributed by atoms with Crippen molar-refractivity contribution in [2.24, 2.45) is 0 Å². The van der Waals surface area contributed by atoms with Gasteiger partial charge in [-0.2, -0.15) is 0 Å². The van der Waals surface area contributed by atoms with Crippen molar-refractivity contribution < 1.29 is 9.59 Å². The molecule has 1 heterocycles. The Kier molecular flexibility index (Phi) is 6.45. The Hall–Kier alpha value is -3.12. The first-order chi connectivity index (χ1) is 13.6. The van der Waals surface area contributed by atoms with Crippen LogP contribution in [0.15, 0.2) is 61.2 Å². The zero-order chi connectivity index (χ0) is 19.9. The summed E-state index contributed by atoms with van der Waals surface area (Å²) in [4.78, 5) is 29.1. The first-order valence-corrected chi connectivity index (χ1v) is 9.32. The maximum absolute atomic E-state index is 12.3. The molecule has 2 aromatic carbocycles. The van der Waals surface area contributed by atoms with Gasteiger partial charge in [0.2, 0.25) is 5.91 Å². The normalized spacial score (nSPS) is 10.6. The number of fused-ring (bicyclic) bond motifs is 1. The predicted octanol–water partition coefficient (Wildman–Crippen LogP) is 2.96. The minimum absolute atomic E-state index is 0.121. The third kappa shape index (κ3) is 4.58. The van der Waals surface area contributed by atoms with Crippen LogP contribution in [-0.4, -0.2) is 34.5 Å². The van der Waals surface area contributed by atoms with Gasteiger partial charge in [-0.3, -0.25) is 9.59 Å². The fourth-order valence-corrected chi connectivity index (χ4v) is 3.13. The second-order valence-corrected chi connectivity index (χ2v) is 6.59. The number of hydrogen-bond acceptors (Lipinski definition) is 3. The number of carbonyl (C=O) groups is 2. The Bertz CT molecular complexity index is 1010. The molecule has 144 valence electrons. The molecule has 0 bridgehead atoms. The summed E-state index contributed by atoms with van der Waals surface area (Å²) >= 11 is 6.06. The molecular weight excluding hydrogens is 376 g/mol. The number of para-hydroxylation sites is 2. The first-order valence-electron chi connectivity index (χ1n) is 8.94. The summed E-state index contributed by atoms with van der Waals surface area (Å²) in [6.07, 6.45) is 2.12. The van der Waals surface area contributed by atoms with Gasteiger partial charge in [-0.25, -0.2) is 4.98 Å². The molecule has 0 aliphatic carbocycles. The number of nitrogens with zero attached hydrogens (tertiary/aromatic N) is 2. The van der Waals surface area contributed by atoms with Gasteiger partial charge in [0, 0.05) is 19.5 Å². The van der Waals surface area contributed by atoms with E-state index in [4.69, 9.17) is 11.6 Å². The maximum Gasteiger partial charge on any atom is 0.252 e. The predicted molar refractivity (Wildman–Crippen MR) is 110 cm³/mol. The van der Waals surface area contributed by atoms with Crippen LogP contribution in [-0.2, 0) is 17.8 Å². The number of amides is 2. The van der Waals surface area contributed by atoms with Crippen LogP contribution in [0.25, 0.3) is 11.0 Å². The van der Waals surface area contributed by atoms with Gasteiger partial charge in [0.05, 0.1) is 21.6 Å². The van der Waals surface area contributed by atoms with E-state index in [9.17, 15) is 9.59 Å². The lowest BCUT2D eigenvalue weighted by molar-refractivity contribution is -0.121. The van der Waals surface area contributed by atoms with Gasteiger partial charge in [0.1, 0.15) is 12.4 Å². The van der Waals surface area contributed by atoms with E-state index in [0.717, 1.165) is 16.9 Å². The number of carbonyl (C=O) groups excluding carboxylic acids is 2. The van der Waals surface area contributed by atoms with Crippen LogP contribution in [0.4, 0.5) is 0 Å². The third-order valence-corrected chi connectivity index (χ3v) is 4.56. The highest BCUT2D eigenvalue weighted by molar-refractivity contribution is 6.33. The molecule has 0 saturated carbocycles. The second kappa shape index (κ2) is 9.19. The lowest BCUT2D eigenvalue weighted by atomic mass is 10.2. The maximum atomic E-state index is 12.3. The highest BCUT2D eigenvalue weighted by Gasteiger charge is 2.14. The Morgan fingerprint density at radius 1 is 1.11 bits per heavy atom. The molecule has 2 N–H and O–H groups in total. The highest BCUT2D eigenvalue weighted by Crippen LogP contribution is 2.17. The number of aromatic nitrogens is 2. The molecule has 6 nitrogen and oxygen atoms in total. The van der Waals surface area contributed by atoms with Crippen molar-refractivity contribution in [2.75, 3.05) is 13.1 Å². The summed E-state index contributed by atoms with van der Waals surface area (Å²) in [6, 6.07) is 14.5. The molecule has 1 aromatic heterocycles. The standard InChI is InChI=1S/C21H21ClN4O2/c1-2-12-23-20(27)14-26-18-10-6-5-9-17(18)25-19(26)11-13-24-21(28)15-7-3-4-8-16(15)22/h2-10H,1,11-14H2,(H,23,27)(H,24,28). The molecule has 3 rings (SSSR count). The van der Waals surface area contributed by atoms with Crippen LogP contribution in [0.3, 0.4) is 0 Å². The molecule has 0 aliphatic heterocycles. The van der Waals surface area contributed by atoms with Gasteiger partial charge < -0.3 is 15.2 Å². The zero-order valence-corrected chi connectivity index (χ0v) is 16.1. The number of hydrogen-bond donors (Lipinski definition) is 2. The van der Waals surface area contributed by atoms with Gasteiger partial charge in [0.15, 0.2) is 0 Å². The molecule has 28 heavy (non-hydrogen) atoms. The summed E-state index contributed by atoms with van der Waals surface area (Å²) in [5.41, 5.74) is 2.12. The van der Waals surface area contributed by atoms with Gasteiger partial charge in [0.25, 0.3) is 5.91 Å². The van der Waals surface area contributed by atoms with Gasteiger partial charge in [-0.15, -0.1) is 6.58 Å². The molecule has 3 aromatic rings. The molecule has 0 atom stereocenters. The van der Waals surface area contributed by atoms with Crippen molar-refractivity contribution in [3.63, 3.8) is 0 Å². The Morgan fingerprint density at radius 2 is 1.86 bits per heavy atom. The second-order valence-electron chi connectivity index (χ2n) is 6.18. The molecule has 0 unspecified atom stereocenters. The minimum Gasteiger partial charge on any atom is -0.352 e. The average molecular weight is 397 g/mol. The van der Waals surface area contributed by atoms with E-state index in [0.29, 0.717) is 30.1 Å². The van der Waals surface area contributed by atoms with E-state index >= 15 is 0 Å². The summed E-state index contributed by atoms with van der Waals surface area (Å²) in [6.45, 7) is 4.54. The van der Waals surface area contributed by atoms with E-state index in [1.54, 1.807) is 30.3 Å². The largest absolute Gasteiger partial charge is 0.352 e. The van der Waals surface area contributed by atoms with E-state index in [2.05, 4.69) is 22.2 Å². The van der Waals surface area contributed by atoms with Crippen molar-refractivity contribution in [1.29, 1.82) is 0 Å². The van der Waals surface area contributed by atoms with Crippen LogP contribution in [0.2, 0.25) is 5.02 Å². The number of imidazole rings is 1.